The number of aliphatic hydroxyl groups excluding tert-OH is 1. The van der Waals surface area contributed by atoms with Gasteiger partial charge in [0.2, 0.25) is 5.78 Å². The van der Waals surface area contributed by atoms with Crippen LogP contribution in [0, 0.1) is 22.7 Å². The predicted molar refractivity (Wildman–Crippen MR) is 105 cm³/mol. The number of ketones is 2. The highest BCUT2D eigenvalue weighted by atomic mass is 19.1. The van der Waals surface area contributed by atoms with Crippen LogP contribution in [-0.4, -0.2) is 51.7 Å². The SMILES string of the molecule is CC(=O)OCC(=O)[C@@]1(O)CC[C@H]2[C@H]3CCC4=CC(=O)CC[C@]4(C)[C@@]3(F)[C@@H](O)C[C@@]21C. The first-order chi connectivity index (χ1) is 13.9. The second-order valence-corrected chi connectivity index (χ2v) is 10.2. The van der Waals surface area contributed by atoms with Gasteiger partial charge in [-0.15, -0.1) is 0 Å². The van der Waals surface area contributed by atoms with Gasteiger partial charge in [0, 0.05) is 30.1 Å². The molecule has 0 aliphatic heterocycles. The number of carbonyl (C=O) groups excluding carboxylic acids is 3. The van der Waals surface area contributed by atoms with E-state index in [2.05, 4.69) is 0 Å². The number of Topliss-reactive ketones (excluding diaryl/α,β-unsaturated/α-hetero) is 1. The Bertz CT molecular complexity index is 838. The van der Waals surface area contributed by atoms with Crippen LogP contribution < -0.4 is 0 Å². The molecule has 0 saturated heterocycles. The summed E-state index contributed by atoms with van der Waals surface area (Å²) in [7, 11) is 0. The lowest BCUT2D eigenvalue weighted by molar-refractivity contribution is -0.227. The Hall–Kier alpha value is -1.60. The Labute approximate surface area is 175 Å². The third-order valence-corrected chi connectivity index (χ3v) is 9.06. The summed E-state index contributed by atoms with van der Waals surface area (Å²) in [5.41, 5.74) is -4.83. The molecule has 0 radical (unpaired) electrons. The number of rotatable bonds is 3. The maximum atomic E-state index is 16.9. The number of alkyl halides is 1. The molecule has 6 nitrogen and oxygen atoms in total. The number of hydrogen-bond donors (Lipinski definition) is 2. The molecule has 0 amide bonds. The van der Waals surface area contributed by atoms with Gasteiger partial charge in [0.05, 0.1) is 6.10 Å². The van der Waals surface area contributed by atoms with Crippen molar-refractivity contribution >= 4 is 17.5 Å². The van der Waals surface area contributed by atoms with Gasteiger partial charge in [0.15, 0.2) is 12.4 Å². The second kappa shape index (κ2) is 6.70. The number of allylic oxidation sites excluding steroid dienone is 1. The van der Waals surface area contributed by atoms with Crippen LogP contribution in [0.25, 0.3) is 0 Å². The Morgan fingerprint density at radius 3 is 2.57 bits per heavy atom. The maximum Gasteiger partial charge on any atom is 0.303 e. The minimum absolute atomic E-state index is 0.00553. The molecule has 3 fully saturated rings. The average Bonchev–Trinajstić information content (AvgIpc) is 2.94. The van der Waals surface area contributed by atoms with Crippen LogP contribution in [0.2, 0.25) is 0 Å². The summed E-state index contributed by atoms with van der Waals surface area (Å²) < 4.78 is 21.8. The van der Waals surface area contributed by atoms with Crippen LogP contribution in [0.1, 0.15) is 65.7 Å². The molecule has 2 N–H and O–H groups in total. The minimum atomic E-state index is -1.91. The van der Waals surface area contributed by atoms with Gasteiger partial charge in [-0.05, 0) is 50.5 Å². The molecule has 30 heavy (non-hydrogen) atoms. The largest absolute Gasteiger partial charge is 0.458 e. The van der Waals surface area contributed by atoms with Crippen LogP contribution in [0.4, 0.5) is 4.39 Å². The smallest absolute Gasteiger partial charge is 0.303 e. The molecule has 4 rings (SSSR count). The zero-order valence-corrected chi connectivity index (χ0v) is 17.9. The third kappa shape index (κ3) is 2.57. The summed E-state index contributed by atoms with van der Waals surface area (Å²) in [6.45, 7) is 4.25. The lowest BCUT2D eigenvalue weighted by atomic mass is 9.44. The Kier molecular flexibility index (Phi) is 4.83. The van der Waals surface area contributed by atoms with Crippen molar-refractivity contribution in [3.05, 3.63) is 11.6 Å². The van der Waals surface area contributed by atoms with Crippen LogP contribution in [0.15, 0.2) is 11.6 Å². The number of ether oxygens (including phenoxy) is 1. The van der Waals surface area contributed by atoms with E-state index in [9.17, 15) is 24.6 Å². The molecule has 0 spiro atoms. The first-order valence-corrected chi connectivity index (χ1v) is 10.9. The van der Waals surface area contributed by atoms with E-state index in [1.807, 2.05) is 6.92 Å². The van der Waals surface area contributed by atoms with Gasteiger partial charge in [0.25, 0.3) is 0 Å². The summed E-state index contributed by atoms with van der Waals surface area (Å²) >= 11 is 0. The molecular formula is C23H31FO6. The zero-order chi connectivity index (χ0) is 22.1. The van der Waals surface area contributed by atoms with Crippen molar-refractivity contribution in [2.75, 3.05) is 6.61 Å². The van der Waals surface area contributed by atoms with Gasteiger partial charge in [0.1, 0.15) is 11.3 Å². The van der Waals surface area contributed by atoms with Gasteiger partial charge < -0.3 is 14.9 Å². The lowest BCUT2D eigenvalue weighted by Crippen LogP contribution is -2.69. The van der Waals surface area contributed by atoms with E-state index in [1.54, 1.807) is 13.0 Å². The van der Waals surface area contributed by atoms with Crippen LogP contribution >= 0.6 is 0 Å². The van der Waals surface area contributed by atoms with Crippen molar-refractivity contribution in [3.8, 4) is 0 Å². The topological polar surface area (TPSA) is 101 Å². The van der Waals surface area contributed by atoms with E-state index in [0.717, 1.165) is 5.57 Å². The minimum Gasteiger partial charge on any atom is -0.458 e. The number of aliphatic hydroxyl groups is 2. The molecule has 0 heterocycles. The average molecular weight is 422 g/mol. The molecule has 4 aliphatic rings. The second-order valence-electron chi connectivity index (χ2n) is 10.2. The molecule has 166 valence electrons. The van der Waals surface area contributed by atoms with Gasteiger partial charge in [-0.3, -0.25) is 14.4 Å². The number of fused-ring (bicyclic) bond motifs is 5. The number of halogens is 1. The fourth-order valence-electron chi connectivity index (χ4n) is 7.32. The van der Waals surface area contributed by atoms with Gasteiger partial charge in [-0.2, -0.15) is 0 Å². The number of hydrogen-bond acceptors (Lipinski definition) is 6. The fraction of sp³-hybridized carbons (Fsp3) is 0.783. The molecule has 4 aliphatic carbocycles. The third-order valence-electron chi connectivity index (χ3n) is 9.06. The van der Waals surface area contributed by atoms with Crippen molar-refractivity contribution in [2.24, 2.45) is 22.7 Å². The fourth-order valence-corrected chi connectivity index (χ4v) is 7.32. The van der Waals surface area contributed by atoms with Crippen LogP contribution in [0.3, 0.4) is 0 Å². The monoisotopic (exact) mass is 422 g/mol. The van der Waals surface area contributed by atoms with Crippen molar-refractivity contribution in [1.29, 1.82) is 0 Å². The van der Waals surface area contributed by atoms with Crippen LogP contribution in [-0.2, 0) is 19.1 Å². The van der Waals surface area contributed by atoms with Crippen molar-refractivity contribution in [1.82, 2.24) is 0 Å². The molecule has 7 heteroatoms. The summed E-state index contributed by atoms with van der Waals surface area (Å²) in [6, 6.07) is 0. The van der Waals surface area contributed by atoms with Gasteiger partial charge >= 0.3 is 5.97 Å². The molecule has 0 aromatic rings. The van der Waals surface area contributed by atoms with E-state index >= 15 is 4.39 Å². The van der Waals surface area contributed by atoms with Crippen molar-refractivity contribution < 1.29 is 33.7 Å². The predicted octanol–water partition coefficient (Wildman–Crippen LogP) is 2.44. The Balaban J connectivity index is 1.71. The van der Waals surface area contributed by atoms with Crippen LogP contribution in [0.5, 0.6) is 0 Å². The molecule has 0 unspecified atom stereocenters. The normalized spacial score (nSPS) is 47.6. The molecule has 3 saturated carbocycles. The number of carbonyl (C=O) groups is 3. The summed E-state index contributed by atoms with van der Waals surface area (Å²) in [5.74, 6) is -1.99. The lowest BCUT2D eigenvalue weighted by Gasteiger charge is -2.63. The highest BCUT2D eigenvalue weighted by Gasteiger charge is 2.74. The van der Waals surface area contributed by atoms with Crippen molar-refractivity contribution in [3.63, 3.8) is 0 Å². The molecule has 0 aromatic heterocycles. The quantitative estimate of drug-likeness (QED) is 0.678. The molecule has 0 aromatic carbocycles. The molecule has 0 bridgehead atoms. The summed E-state index contributed by atoms with van der Waals surface area (Å²) in [4.78, 5) is 35.9. The van der Waals surface area contributed by atoms with Crippen molar-refractivity contribution in [2.45, 2.75) is 83.1 Å². The maximum absolute atomic E-state index is 16.9. The summed E-state index contributed by atoms with van der Waals surface area (Å²) in [5, 5.41) is 22.6. The van der Waals surface area contributed by atoms with E-state index in [4.69, 9.17) is 4.74 Å². The first-order valence-electron chi connectivity index (χ1n) is 10.9. The molecule has 7 atom stereocenters. The van der Waals surface area contributed by atoms with Gasteiger partial charge in [-0.25, -0.2) is 4.39 Å². The summed E-state index contributed by atoms with van der Waals surface area (Å²) in [6.07, 6.45) is 2.45. The van der Waals surface area contributed by atoms with E-state index in [-0.39, 0.29) is 31.0 Å². The van der Waals surface area contributed by atoms with E-state index in [0.29, 0.717) is 25.7 Å². The molecular weight excluding hydrogens is 391 g/mol. The standard InChI is InChI=1S/C23H31FO6/c1-13(25)30-12-19(28)22(29)9-7-16-17-5-4-14-10-15(26)6-8-20(14,2)23(17,24)18(27)11-21(16,22)3/h10,16-18,27,29H,4-9,11-12H2,1-3H3/t16-,17+,18-,20-,21-,22-,23-/m0/s1. The van der Waals surface area contributed by atoms with E-state index < -0.39 is 52.5 Å². The number of esters is 1. The first kappa shape index (κ1) is 21.6. The van der Waals surface area contributed by atoms with E-state index in [1.165, 1.54) is 6.92 Å². The Morgan fingerprint density at radius 2 is 1.90 bits per heavy atom. The Morgan fingerprint density at radius 1 is 1.20 bits per heavy atom. The van der Waals surface area contributed by atoms with Gasteiger partial charge in [-0.1, -0.05) is 19.4 Å². The highest BCUT2D eigenvalue weighted by Crippen LogP contribution is 2.70. The highest BCUT2D eigenvalue weighted by molar-refractivity contribution is 5.92. The zero-order valence-electron chi connectivity index (χ0n) is 17.9.